The first-order chi connectivity index (χ1) is 5.57. The minimum Gasteiger partial charge on any atom is -0.466 e. The predicted molar refractivity (Wildman–Crippen MR) is 47.6 cm³/mol. The van der Waals surface area contributed by atoms with Gasteiger partial charge in [-0.1, -0.05) is 26.3 Å². The van der Waals surface area contributed by atoms with Gasteiger partial charge in [-0.15, -0.1) is 0 Å². The number of carbonyl (C=O) groups excluding carboxylic acids is 1. The third-order valence-corrected chi connectivity index (χ3v) is 3.11. The van der Waals surface area contributed by atoms with Gasteiger partial charge in [0.25, 0.3) is 0 Å². The maximum absolute atomic E-state index is 10.9. The number of ether oxygens (including phenoxy) is 1. The van der Waals surface area contributed by atoms with Crippen molar-refractivity contribution in [3.63, 3.8) is 0 Å². The van der Waals surface area contributed by atoms with E-state index in [9.17, 15) is 4.79 Å². The van der Waals surface area contributed by atoms with Gasteiger partial charge in [-0.2, -0.15) is 0 Å². The van der Waals surface area contributed by atoms with E-state index in [1.807, 2.05) is 0 Å². The first-order valence-electron chi connectivity index (χ1n) is 4.37. The van der Waals surface area contributed by atoms with E-state index in [1.54, 1.807) is 6.08 Å². The highest BCUT2D eigenvalue weighted by atomic mass is 16.5. The first-order valence-corrected chi connectivity index (χ1v) is 4.37. The molecule has 0 bridgehead atoms. The molecule has 2 nitrogen and oxygen atoms in total. The number of rotatable bonds is 1. The lowest BCUT2D eigenvalue weighted by molar-refractivity contribution is -0.135. The van der Waals surface area contributed by atoms with Crippen LogP contribution in [0.1, 0.15) is 20.8 Å². The molecule has 1 saturated carbocycles. The fraction of sp³-hybridized carbons (Fsp3) is 0.700. The van der Waals surface area contributed by atoms with Gasteiger partial charge in [0.05, 0.1) is 7.11 Å². The fourth-order valence-electron chi connectivity index (χ4n) is 1.79. The van der Waals surface area contributed by atoms with E-state index in [2.05, 4.69) is 25.5 Å². The van der Waals surface area contributed by atoms with Crippen molar-refractivity contribution in [2.24, 2.45) is 17.8 Å². The Kier molecular flexibility index (Phi) is 2.55. The molecule has 1 rings (SSSR count). The highest BCUT2D eigenvalue weighted by molar-refractivity contribution is 5.83. The molecule has 0 unspecified atom stereocenters. The van der Waals surface area contributed by atoms with Crippen molar-refractivity contribution < 1.29 is 9.53 Å². The lowest BCUT2D eigenvalue weighted by Gasteiger charge is -2.42. The minimum absolute atomic E-state index is 0.226. The van der Waals surface area contributed by atoms with Crippen LogP contribution in [0.4, 0.5) is 0 Å². The van der Waals surface area contributed by atoms with Crippen LogP contribution in [0, 0.1) is 17.8 Å². The zero-order valence-corrected chi connectivity index (χ0v) is 8.13. The molecule has 0 aliphatic heterocycles. The molecule has 68 valence electrons. The highest BCUT2D eigenvalue weighted by Gasteiger charge is 2.36. The van der Waals surface area contributed by atoms with E-state index < -0.39 is 0 Å². The van der Waals surface area contributed by atoms with E-state index in [4.69, 9.17) is 0 Å². The number of esters is 1. The molecular weight excluding hydrogens is 152 g/mol. The van der Waals surface area contributed by atoms with Gasteiger partial charge in [0.1, 0.15) is 0 Å². The zero-order chi connectivity index (χ0) is 9.30. The van der Waals surface area contributed by atoms with E-state index in [0.717, 1.165) is 0 Å². The van der Waals surface area contributed by atoms with E-state index in [0.29, 0.717) is 17.8 Å². The van der Waals surface area contributed by atoms with Crippen molar-refractivity contribution in [2.75, 3.05) is 7.11 Å². The average molecular weight is 168 g/mol. The Balaban J connectivity index is 2.65. The second-order valence-electron chi connectivity index (χ2n) is 3.60. The third kappa shape index (κ3) is 1.38. The van der Waals surface area contributed by atoms with Crippen LogP contribution in [0.15, 0.2) is 11.6 Å². The summed E-state index contributed by atoms with van der Waals surface area (Å²) < 4.78 is 4.57. The molecule has 1 fully saturated rings. The topological polar surface area (TPSA) is 26.3 Å². The molecule has 0 aromatic heterocycles. The average Bonchev–Trinajstić information content (AvgIpc) is 2.11. The summed E-state index contributed by atoms with van der Waals surface area (Å²) in [6, 6.07) is 0. The van der Waals surface area contributed by atoms with Gasteiger partial charge in [-0.25, -0.2) is 4.79 Å². The van der Waals surface area contributed by atoms with Gasteiger partial charge in [-0.3, -0.25) is 0 Å². The van der Waals surface area contributed by atoms with Crippen molar-refractivity contribution >= 4 is 5.97 Å². The third-order valence-electron chi connectivity index (χ3n) is 3.11. The Bertz CT molecular complexity index is 206. The molecule has 0 amide bonds. The standard InChI is InChI=1S/C10H16O2/c1-6-7(2)9(8(6)3)5-10(11)12-4/h5-8H,1-4H3/t6?,7-,8-/m0/s1. The molecular formula is C10H16O2. The Morgan fingerprint density at radius 3 is 2.25 bits per heavy atom. The van der Waals surface area contributed by atoms with Crippen molar-refractivity contribution in [3.8, 4) is 0 Å². The number of allylic oxidation sites excluding steroid dienone is 1. The van der Waals surface area contributed by atoms with Crippen LogP contribution in [-0.4, -0.2) is 13.1 Å². The number of hydrogen-bond acceptors (Lipinski definition) is 2. The molecule has 1 aliphatic rings. The second kappa shape index (κ2) is 3.30. The first kappa shape index (κ1) is 9.30. The fourth-order valence-corrected chi connectivity index (χ4v) is 1.79. The minimum atomic E-state index is -0.226. The summed E-state index contributed by atoms with van der Waals surface area (Å²) in [7, 11) is 1.41. The number of hydrogen-bond donors (Lipinski definition) is 0. The summed E-state index contributed by atoms with van der Waals surface area (Å²) in [6.45, 7) is 6.52. The summed E-state index contributed by atoms with van der Waals surface area (Å²) in [6.07, 6.45) is 1.63. The monoisotopic (exact) mass is 168 g/mol. The molecule has 0 heterocycles. The van der Waals surface area contributed by atoms with Crippen LogP contribution in [0.2, 0.25) is 0 Å². The smallest absolute Gasteiger partial charge is 0.330 e. The normalized spacial score (nSPS) is 34.0. The van der Waals surface area contributed by atoms with Crippen molar-refractivity contribution in [3.05, 3.63) is 11.6 Å². The molecule has 0 spiro atoms. The molecule has 1 aliphatic carbocycles. The summed E-state index contributed by atoms with van der Waals surface area (Å²) >= 11 is 0. The Morgan fingerprint density at radius 2 is 1.83 bits per heavy atom. The van der Waals surface area contributed by atoms with Gasteiger partial charge < -0.3 is 4.74 Å². The molecule has 2 heteroatoms. The van der Waals surface area contributed by atoms with Crippen molar-refractivity contribution in [1.29, 1.82) is 0 Å². The van der Waals surface area contributed by atoms with Gasteiger partial charge in [0.15, 0.2) is 0 Å². The van der Waals surface area contributed by atoms with E-state index in [1.165, 1.54) is 12.7 Å². The Hall–Kier alpha value is -0.790. The summed E-state index contributed by atoms with van der Waals surface area (Å²) in [4.78, 5) is 10.9. The zero-order valence-electron chi connectivity index (χ0n) is 8.13. The summed E-state index contributed by atoms with van der Waals surface area (Å²) in [5, 5.41) is 0. The molecule has 0 aromatic carbocycles. The lowest BCUT2D eigenvalue weighted by atomic mass is 9.63. The largest absolute Gasteiger partial charge is 0.466 e. The lowest BCUT2D eigenvalue weighted by Crippen LogP contribution is -2.34. The van der Waals surface area contributed by atoms with E-state index >= 15 is 0 Å². The summed E-state index contributed by atoms with van der Waals surface area (Å²) in [5.41, 5.74) is 1.23. The van der Waals surface area contributed by atoms with Gasteiger partial charge in [0.2, 0.25) is 0 Å². The van der Waals surface area contributed by atoms with Crippen molar-refractivity contribution in [2.45, 2.75) is 20.8 Å². The molecule has 12 heavy (non-hydrogen) atoms. The van der Waals surface area contributed by atoms with Gasteiger partial charge in [-0.05, 0) is 17.8 Å². The highest BCUT2D eigenvalue weighted by Crippen LogP contribution is 2.44. The second-order valence-corrected chi connectivity index (χ2v) is 3.60. The molecule has 0 radical (unpaired) electrons. The summed E-state index contributed by atoms with van der Waals surface area (Å²) in [5.74, 6) is 1.55. The molecule has 0 saturated heterocycles. The maximum Gasteiger partial charge on any atom is 0.330 e. The van der Waals surface area contributed by atoms with E-state index in [-0.39, 0.29) is 5.97 Å². The predicted octanol–water partition coefficient (Wildman–Crippen LogP) is 2.01. The van der Waals surface area contributed by atoms with Gasteiger partial charge in [0, 0.05) is 6.08 Å². The number of methoxy groups -OCH3 is 1. The molecule has 0 aromatic rings. The Labute approximate surface area is 73.6 Å². The molecule has 2 atom stereocenters. The van der Waals surface area contributed by atoms with Crippen LogP contribution in [0.5, 0.6) is 0 Å². The quantitative estimate of drug-likeness (QED) is 0.442. The van der Waals surface area contributed by atoms with Crippen molar-refractivity contribution in [1.82, 2.24) is 0 Å². The van der Waals surface area contributed by atoms with Crippen LogP contribution >= 0.6 is 0 Å². The SMILES string of the molecule is COC(=O)C=C1[C@@H](C)C(C)[C@@H]1C. The maximum atomic E-state index is 10.9. The van der Waals surface area contributed by atoms with Crippen LogP contribution in [-0.2, 0) is 9.53 Å². The molecule has 0 N–H and O–H groups in total. The van der Waals surface area contributed by atoms with Crippen LogP contribution in [0.3, 0.4) is 0 Å². The van der Waals surface area contributed by atoms with Gasteiger partial charge >= 0.3 is 5.97 Å². The van der Waals surface area contributed by atoms with Crippen LogP contribution in [0.25, 0.3) is 0 Å². The number of carbonyl (C=O) groups is 1. The van der Waals surface area contributed by atoms with Crippen LogP contribution < -0.4 is 0 Å². The Morgan fingerprint density at radius 1 is 1.33 bits per heavy atom.